The van der Waals surface area contributed by atoms with Crippen molar-refractivity contribution in [2.75, 3.05) is 18.1 Å². The molecule has 2 heterocycles. The van der Waals surface area contributed by atoms with Gasteiger partial charge in [-0.25, -0.2) is 4.79 Å². The molecule has 1 atom stereocenters. The zero-order chi connectivity index (χ0) is 12.4. The number of carboxylic acids is 1. The number of thioether (sulfide) groups is 1. The molecule has 0 aliphatic carbocycles. The summed E-state index contributed by atoms with van der Waals surface area (Å²) in [5.74, 6) is 0.126. The van der Waals surface area contributed by atoms with Gasteiger partial charge in [-0.1, -0.05) is 0 Å². The zero-order valence-electron chi connectivity index (χ0n) is 8.76. The number of halogens is 1. The lowest BCUT2D eigenvalue weighted by atomic mass is 10.2. The van der Waals surface area contributed by atoms with Crippen LogP contribution in [0.25, 0.3) is 0 Å². The fourth-order valence-corrected chi connectivity index (χ4v) is 4.16. The summed E-state index contributed by atoms with van der Waals surface area (Å²) in [6, 6.07) is 1.09. The lowest BCUT2D eigenvalue weighted by Gasteiger charge is -2.32. The van der Waals surface area contributed by atoms with E-state index in [2.05, 4.69) is 15.9 Å². The van der Waals surface area contributed by atoms with E-state index in [1.54, 1.807) is 17.8 Å². The highest BCUT2D eigenvalue weighted by Crippen LogP contribution is 2.27. The molecular formula is C10H10BrNO3S2. The number of nitrogens with zero attached hydrogens (tertiary/aromatic N) is 1. The van der Waals surface area contributed by atoms with E-state index in [1.165, 1.54) is 16.2 Å². The van der Waals surface area contributed by atoms with Crippen LogP contribution in [0.15, 0.2) is 15.9 Å². The van der Waals surface area contributed by atoms with E-state index < -0.39 is 12.0 Å². The summed E-state index contributed by atoms with van der Waals surface area (Å²) in [5, 5.41) is 10.9. The molecule has 1 aromatic heterocycles. The number of hydrogen-bond acceptors (Lipinski definition) is 4. The van der Waals surface area contributed by atoms with Crippen molar-refractivity contribution in [1.82, 2.24) is 4.90 Å². The van der Waals surface area contributed by atoms with Crippen molar-refractivity contribution in [3.05, 3.63) is 20.8 Å². The van der Waals surface area contributed by atoms with Crippen LogP contribution in [0.1, 0.15) is 9.67 Å². The largest absolute Gasteiger partial charge is 0.480 e. The summed E-state index contributed by atoms with van der Waals surface area (Å²) in [7, 11) is 0. The van der Waals surface area contributed by atoms with E-state index in [1.807, 2.05) is 5.38 Å². The van der Waals surface area contributed by atoms with Crippen molar-refractivity contribution < 1.29 is 14.7 Å². The molecule has 92 valence electrons. The molecule has 4 nitrogen and oxygen atoms in total. The van der Waals surface area contributed by atoms with E-state index in [0.717, 1.165) is 10.2 Å². The topological polar surface area (TPSA) is 57.6 Å². The molecule has 7 heteroatoms. The molecular weight excluding hydrogens is 326 g/mol. The molecule has 0 aromatic carbocycles. The number of hydrogen-bond donors (Lipinski definition) is 1. The molecule has 1 saturated heterocycles. The molecule has 0 saturated carbocycles. The first-order valence-corrected chi connectivity index (χ1v) is 7.78. The fraction of sp³-hybridized carbons (Fsp3) is 0.400. The Balaban J connectivity index is 2.23. The summed E-state index contributed by atoms with van der Waals surface area (Å²) in [6.45, 7) is 0.491. The van der Waals surface area contributed by atoms with Crippen molar-refractivity contribution in [3.8, 4) is 0 Å². The van der Waals surface area contributed by atoms with Crippen molar-refractivity contribution >= 4 is 50.9 Å². The van der Waals surface area contributed by atoms with Crippen LogP contribution in [-0.2, 0) is 4.79 Å². The number of amides is 1. The minimum absolute atomic E-state index is 0.195. The Morgan fingerprint density at radius 3 is 2.88 bits per heavy atom. The molecule has 2 rings (SSSR count). The van der Waals surface area contributed by atoms with Crippen LogP contribution in [-0.4, -0.2) is 46.0 Å². The van der Waals surface area contributed by atoms with Gasteiger partial charge < -0.3 is 10.0 Å². The standard InChI is InChI=1S/C10H10BrNO3S2/c11-6-1-3-17-8(6)9(13)12-2-4-16-5-7(12)10(14)15/h1,3,7H,2,4-5H2,(H,14,15). The highest BCUT2D eigenvalue weighted by atomic mass is 79.9. The van der Waals surface area contributed by atoms with Crippen LogP contribution in [0.5, 0.6) is 0 Å². The van der Waals surface area contributed by atoms with Crippen molar-refractivity contribution in [3.63, 3.8) is 0 Å². The first-order chi connectivity index (χ1) is 8.11. The summed E-state index contributed by atoms with van der Waals surface area (Å²) >= 11 is 6.20. The van der Waals surface area contributed by atoms with Crippen molar-refractivity contribution in [1.29, 1.82) is 0 Å². The number of carbonyl (C=O) groups is 2. The third-order valence-electron chi connectivity index (χ3n) is 2.49. The maximum Gasteiger partial charge on any atom is 0.327 e. The second-order valence-electron chi connectivity index (χ2n) is 3.53. The average Bonchev–Trinajstić information content (AvgIpc) is 2.74. The number of aliphatic carboxylic acids is 1. The fourth-order valence-electron chi connectivity index (χ4n) is 1.63. The van der Waals surface area contributed by atoms with Crippen LogP contribution in [0.4, 0.5) is 0 Å². The van der Waals surface area contributed by atoms with Gasteiger partial charge >= 0.3 is 5.97 Å². The lowest BCUT2D eigenvalue weighted by Crippen LogP contribution is -2.50. The molecule has 1 aromatic rings. The third kappa shape index (κ3) is 2.66. The SMILES string of the molecule is O=C(O)C1CSCCN1C(=O)c1sccc1Br. The van der Waals surface area contributed by atoms with Gasteiger partial charge in [-0.3, -0.25) is 4.79 Å². The molecule has 1 N–H and O–H groups in total. The predicted octanol–water partition coefficient (Wildman–Crippen LogP) is 2.15. The second kappa shape index (κ2) is 5.41. The molecule has 1 aliphatic rings. The minimum atomic E-state index is -0.932. The minimum Gasteiger partial charge on any atom is -0.480 e. The second-order valence-corrected chi connectivity index (χ2v) is 6.45. The van der Waals surface area contributed by atoms with E-state index in [0.29, 0.717) is 17.2 Å². The van der Waals surface area contributed by atoms with Crippen molar-refractivity contribution in [2.45, 2.75) is 6.04 Å². The highest BCUT2D eigenvalue weighted by Gasteiger charge is 2.33. The van der Waals surface area contributed by atoms with Gasteiger partial charge in [0.2, 0.25) is 0 Å². The molecule has 1 unspecified atom stereocenters. The molecule has 1 fully saturated rings. The van der Waals surface area contributed by atoms with Gasteiger partial charge in [-0.2, -0.15) is 11.8 Å². The Hall–Kier alpha value is -0.530. The first-order valence-electron chi connectivity index (χ1n) is 4.95. The smallest absolute Gasteiger partial charge is 0.327 e. The molecule has 0 spiro atoms. The van der Waals surface area contributed by atoms with Crippen LogP contribution in [0.3, 0.4) is 0 Å². The Morgan fingerprint density at radius 1 is 1.53 bits per heavy atom. The Morgan fingerprint density at radius 2 is 2.29 bits per heavy atom. The molecule has 1 aliphatic heterocycles. The normalized spacial score (nSPS) is 20.3. The van der Waals surface area contributed by atoms with Crippen molar-refractivity contribution in [2.24, 2.45) is 0 Å². The monoisotopic (exact) mass is 335 g/mol. The first kappa shape index (κ1) is 12.9. The summed E-state index contributed by atoms with van der Waals surface area (Å²) < 4.78 is 0.731. The van der Waals surface area contributed by atoms with Gasteiger partial charge in [-0.15, -0.1) is 11.3 Å². The van der Waals surface area contributed by atoms with Gasteiger partial charge in [0, 0.05) is 22.5 Å². The number of carbonyl (C=O) groups excluding carboxylic acids is 1. The van der Waals surface area contributed by atoms with E-state index in [-0.39, 0.29) is 5.91 Å². The Labute approximate surface area is 115 Å². The summed E-state index contributed by atoms with van der Waals surface area (Å²) in [6.07, 6.45) is 0. The van der Waals surface area contributed by atoms with Gasteiger partial charge in [0.15, 0.2) is 0 Å². The number of thiophene rings is 1. The van der Waals surface area contributed by atoms with Crippen LogP contribution < -0.4 is 0 Å². The van der Waals surface area contributed by atoms with Crippen LogP contribution >= 0.6 is 39.0 Å². The average molecular weight is 336 g/mol. The van der Waals surface area contributed by atoms with Gasteiger partial charge in [0.05, 0.1) is 0 Å². The highest BCUT2D eigenvalue weighted by molar-refractivity contribution is 9.10. The van der Waals surface area contributed by atoms with Gasteiger partial charge in [0.1, 0.15) is 10.9 Å². The maximum atomic E-state index is 12.2. The lowest BCUT2D eigenvalue weighted by molar-refractivity contribution is -0.141. The van der Waals surface area contributed by atoms with E-state index >= 15 is 0 Å². The third-order valence-corrected chi connectivity index (χ3v) is 5.33. The Bertz CT molecular complexity index is 449. The summed E-state index contributed by atoms with van der Waals surface area (Å²) in [5.41, 5.74) is 0. The van der Waals surface area contributed by atoms with Gasteiger partial charge in [-0.05, 0) is 27.4 Å². The quantitative estimate of drug-likeness (QED) is 0.899. The molecule has 0 bridgehead atoms. The molecule has 0 radical (unpaired) electrons. The van der Waals surface area contributed by atoms with Crippen LogP contribution in [0.2, 0.25) is 0 Å². The van der Waals surface area contributed by atoms with E-state index in [9.17, 15) is 9.59 Å². The number of rotatable bonds is 2. The van der Waals surface area contributed by atoms with E-state index in [4.69, 9.17) is 5.11 Å². The number of carboxylic acid groups (broad SMARTS) is 1. The predicted molar refractivity (Wildman–Crippen MR) is 71.8 cm³/mol. The molecule has 1 amide bonds. The zero-order valence-corrected chi connectivity index (χ0v) is 12.0. The van der Waals surface area contributed by atoms with Crippen LogP contribution in [0, 0.1) is 0 Å². The maximum absolute atomic E-state index is 12.2. The summed E-state index contributed by atoms with van der Waals surface area (Å²) in [4.78, 5) is 25.4. The Kier molecular flexibility index (Phi) is 4.11. The molecule has 17 heavy (non-hydrogen) atoms. The van der Waals surface area contributed by atoms with Gasteiger partial charge in [0.25, 0.3) is 5.91 Å².